The van der Waals surface area contributed by atoms with Gasteiger partial charge in [0.25, 0.3) is 0 Å². The van der Waals surface area contributed by atoms with Crippen LogP contribution in [0.1, 0.15) is 20.3 Å². The zero-order chi connectivity index (χ0) is 15.8. The Hall–Kier alpha value is -0.120. The summed E-state index contributed by atoms with van der Waals surface area (Å²) in [5.41, 5.74) is 0. The van der Waals surface area contributed by atoms with Gasteiger partial charge in [-0.2, -0.15) is 0 Å². The molecule has 0 amide bonds. The highest BCUT2D eigenvalue weighted by atomic mass is 127. The first kappa shape index (κ1) is 20.9. The molecule has 2 N–H and O–H groups in total. The van der Waals surface area contributed by atoms with Crippen molar-refractivity contribution >= 4 is 29.9 Å². The smallest absolute Gasteiger partial charge is 0.191 e. The van der Waals surface area contributed by atoms with Crippen LogP contribution >= 0.6 is 24.0 Å². The number of aliphatic imine (C=N–C) groups is 1. The summed E-state index contributed by atoms with van der Waals surface area (Å²) < 4.78 is 11.1. The lowest BCUT2D eigenvalue weighted by molar-refractivity contribution is 0.00246. The lowest BCUT2D eigenvalue weighted by Crippen LogP contribution is -2.53. The van der Waals surface area contributed by atoms with E-state index in [9.17, 15) is 0 Å². The zero-order valence-corrected chi connectivity index (χ0v) is 17.0. The van der Waals surface area contributed by atoms with Crippen LogP contribution in [-0.2, 0) is 9.47 Å². The molecule has 0 aromatic carbocycles. The quantitative estimate of drug-likeness (QED) is 0.369. The third kappa shape index (κ3) is 7.11. The SMILES string of the molecule is CN=C(NCC(C)C)NCC(C1CCOC1)N1CCOCC1.I. The highest BCUT2D eigenvalue weighted by Gasteiger charge is 2.31. The Morgan fingerprint density at radius 1 is 1.13 bits per heavy atom. The molecule has 2 aliphatic rings. The van der Waals surface area contributed by atoms with Gasteiger partial charge in [0.2, 0.25) is 0 Å². The van der Waals surface area contributed by atoms with Gasteiger partial charge in [0.05, 0.1) is 19.8 Å². The van der Waals surface area contributed by atoms with Crippen molar-refractivity contribution in [3.8, 4) is 0 Å². The second-order valence-corrected chi connectivity index (χ2v) is 6.57. The fourth-order valence-electron chi connectivity index (χ4n) is 3.08. The topological polar surface area (TPSA) is 58.1 Å². The van der Waals surface area contributed by atoms with Crippen LogP contribution < -0.4 is 10.6 Å². The first-order valence-electron chi connectivity index (χ1n) is 8.54. The fraction of sp³-hybridized carbons (Fsp3) is 0.938. The van der Waals surface area contributed by atoms with Crippen molar-refractivity contribution in [3.05, 3.63) is 0 Å². The van der Waals surface area contributed by atoms with E-state index in [0.717, 1.165) is 65.0 Å². The minimum absolute atomic E-state index is 0. The molecule has 7 heteroatoms. The van der Waals surface area contributed by atoms with Gasteiger partial charge in [-0.1, -0.05) is 13.8 Å². The summed E-state index contributed by atoms with van der Waals surface area (Å²) >= 11 is 0. The minimum atomic E-state index is 0. The summed E-state index contributed by atoms with van der Waals surface area (Å²) in [4.78, 5) is 6.87. The number of nitrogens with one attached hydrogen (secondary N) is 2. The normalized spacial score (nSPS) is 24.3. The van der Waals surface area contributed by atoms with Crippen molar-refractivity contribution in [1.29, 1.82) is 0 Å². The van der Waals surface area contributed by atoms with Crippen molar-refractivity contribution in [1.82, 2.24) is 15.5 Å². The molecule has 0 aromatic rings. The molecule has 0 saturated carbocycles. The number of ether oxygens (including phenoxy) is 2. The van der Waals surface area contributed by atoms with E-state index < -0.39 is 0 Å². The molecule has 2 aliphatic heterocycles. The summed E-state index contributed by atoms with van der Waals surface area (Å²) in [5.74, 6) is 2.11. The van der Waals surface area contributed by atoms with Gasteiger partial charge >= 0.3 is 0 Å². The molecule has 0 aromatic heterocycles. The van der Waals surface area contributed by atoms with E-state index in [1.54, 1.807) is 0 Å². The van der Waals surface area contributed by atoms with E-state index in [4.69, 9.17) is 9.47 Å². The lowest BCUT2D eigenvalue weighted by Gasteiger charge is -2.37. The van der Waals surface area contributed by atoms with Crippen LogP contribution in [0.4, 0.5) is 0 Å². The summed E-state index contributed by atoms with van der Waals surface area (Å²) in [6, 6.07) is 0.490. The molecule has 2 saturated heterocycles. The molecule has 136 valence electrons. The third-order valence-electron chi connectivity index (χ3n) is 4.40. The van der Waals surface area contributed by atoms with Crippen molar-refractivity contribution < 1.29 is 9.47 Å². The van der Waals surface area contributed by atoms with Crippen LogP contribution in [0.15, 0.2) is 4.99 Å². The summed E-state index contributed by atoms with van der Waals surface area (Å²) in [6.45, 7) is 11.7. The number of morpholine rings is 1. The maximum Gasteiger partial charge on any atom is 0.191 e. The van der Waals surface area contributed by atoms with Gasteiger partial charge in [-0.15, -0.1) is 24.0 Å². The summed E-state index contributed by atoms with van der Waals surface area (Å²) in [6.07, 6.45) is 1.15. The average Bonchev–Trinajstić information content (AvgIpc) is 3.05. The van der Waals surface area contributed by atoms with Gasteiger partial charge < -0.3 is 20.1 Å². The summed E-state index contributed by atoms with van der Waals surface area (Å²) in [7, 11) is 1.83. The molecule has 2 rings (SSSR count). The molecule has 2 atom stereocenters. The Morgan fingerprint density at radius 3 is 2.39 bits per heavy atom. The Balaban J connectivity index is 0.00000264. The molecule has 0 bridgehead atoms. The van der Waals surface area contributed by atoms with Crippen LogP contribution in [0.2, 0.25) is 0 Å². The van der Waals surface area contributed by atoms with E-state index in [2.05, 4.69) is 34.4 Å². The second kappa shape index (κ2) is 11.4. The fourth-order valence-corrected chi connectivity index (χ4v) is 3.08. The predicted octanol–water partition coefficient (Wildman–Crippen LogP) is 1.16. The van der Waals surface area contributed by atoms with E-state index in [0.29, 0.717) is 17.9 Å². The van der Waals surface area contributed by atoms with E-state index in [1.807, 2.05) is 7.05 Å². The molecular formula is C16H33IN4O2. The van der Waals surface area contributed by atoms with Gasteiger partial charge in [0.15, 0.2) is 5.96 Å². The first-order chi connectivity index (χ1) is 10.7. The Bertz CT molecular complexity index is 343. The lowest BCUT2D eigenvalue weighted by atomic mass is 9.97. The van der Waals surface area contributed by atoms with Crippen molar-refractivity contribution in [2.75, 3.05) is 59.7 Å². The number of nitrogens with zero attached hydrogens (tertiary/aromatic N) is 2. The third-order valence-corrected chi connectivity index (χ3v) is 4.40. The van der Waals surface area contributed by atoms with Crippen LogP contribution in [0.25, 0.3) is 0 Å². The van der Waals surface area contributed by atoms with Gasteiger partial charge in [-0.3, -0.25) is 9.89 Å². The number of hydrogen-bond donors (Lipinski definition) is 2. The Kier molecular flexibility index (Phi) is 10.4. The van der Waals surface area contributed by atoms with Crippen molar-refractivity contribution in [3.63, 3.8) is 0 Å². The van der Waals surface area contributed by atoms with E-state index in [-0.39, 0.29) is 24.0 Å². The first-order valence-corrected chi connectivity index (χ1v) is 8.54. The van der Waals surface area contributed by atoms with Gasteiger partial charge in [0, 0.05) is 51.8 Å². The predicted molar refractivity (Wildman–Crippen MR) is 105 cm³/mol. The second-order valence-electron chi connectivity index (χ2n) is 6.57. The maximum atomic E-state index is 5.61. The molecule has 0 aliphatic carbocycles. The van der Waals surface area contributed by atoms with Crippen LogP contribution in [-0.4, -0.2) is 76.6 Å². The molecule has 2 unspecified atom stereocenters. The highest BCUT2D eigenvalue weighted by Crippen LogP contribution is 2.21. The monoisotopic (exact) mass is 440 g/mol. The van der Waals surface area contributed by atoms with Gasteiger partial charge in [-0.05, 0) is 12.3 Å². The summed E-state index contributed by atoms with van der Waals surface area (Å²) in [5, 5.41) is 6.88. The van der Waals surface area contributed by atoms with Crippen LogP contribution in [0.5, 0.6) is 0 Å². The number of guanidine groups is 1. The molecule has 23 heavy (non-hydrogen) atoms. The average molecular weight is 440 g/mol. The van der Waals surface area contributed by atoms with Crippen LogP contribution in [0, 0.1) is 11.8 Å². The molecule has 6 nitrogen and oxygen atoms in total. The zero-order valence-electron chi connectivity index (χ0n) is 14.7. The van der Waals surface area contributed by atoms with Gasteiger partial charge in [-0.25, -0.2) is 0 Å². The van der Waals surface area contributed by atoms with Crippen molar-refractivity contribution in [2.24, 2.45) is 16.8 Å². The standard InChI is InChI=1S/C16H32N4O2.HI/c1-13(2)10-18-16(17-3)19-11-15(14-4-7-22-12-14)20-5-8-21-9-6-20;/h13-15H,4-12H2,1-3H3,(H2,17,18,19);1H. The van der Waals surface area contributed by atoms with E-state index in [1.165, 1.54) is 0 Å². The minimum Gasteiger partial charge on any atom is -0.381 e. The Labute approximate surface area is 157 Å². The highest BCUT2D eigenvalue weighted by molar-refractivity contribution is 14.0. The van der Waals surface area contributed by atoms with E-state index >= 15 is 0 Å². The van der Waals surface area contributed by atoms with Crippen molar-refractivity contribution in [2.45, 2.75) is 26.3 Å². The molecular weight excluding hydrogens is 407 g/mol. The maximum absolute atomic E-state index is 5.61. The number of hydrogen-bond acceptors (Lipinski definition) is 4. The molecule has 2 fully saturated rings. The number of halogens is 1. The number of rotatable bonds is 6. The van der Waals surface area contributed by atoms with Crippen LogP contribution in [0.3, 0.4) is 0 Å². The van der Waals surface area contributed by atoms with Gasteiger partial charge in [0.1, 0.15) is 0 Å². The largest absolute Gasteiger partial charge is 0.381 e. The molecule has 0 radical (unpaired) electrons. The Morgan fingerprint density at radius 2 is 1.83 bits per heavy atom. The molecule has 2 heterocycles. The molecule has 0 spiro atoms.